The Hall–Kier alpha value is -3.24. The maximum Gasteiger partial charge on any atom is 0.286 e. The zero-order valence-electron chi connectivity index (χ0n) is 20.5. The van der Waals surface area contributed by atoms with Crippen molar-refractivity contribution in [1.82, 2.24) is 15.3 Å². The highest BCUT2D eigenvalue weighted by Gasteiger charge is 2.31. The number of imidazole rings is 1. The standard InChI is InChI=1S/C27H26N4O4S.2ClH/c1-16(34-19-8-4-18(5-9-19)14-24-26(32)31-27(33)36-24)25-29-22-11-10-21(15-23(22)30-25)35-20-6-2-17(3-7-20)12-13-28;;/h2-11,15-16,24H,12-14,28H2,1H3,(H,29,30)(H,31,32,33);2*1H. The second-order valence-corrected chi connectivity index (χ2v) is 9.75. The van der Waals surface area contributed by atoms with E-state index in [-0.39, 0.29) is 47.3 Å². The molecule has 0 radical (unpaired) electrons. The number of fused-ring (bicyclic) bond motifs is 1. The summed E-state index contributed by atoms with van der Waals surface area (Å²) in [4.78, 5) is 31.1. The number of hydrogen-bond acceptors (Lipinski definition) is 7. The Labute approximate surface area is 236 Å². The van der Waals surface area contributed by atoms with Crippen LogP contribution >= 0.6 is 36.6 Å². The van der Waals surface area contributed by atoms with Crippen molar-refractivity contribution in [3.63, 3.8) is 0 Å². The molecule has 2 heterocycles. The van der Waals surface area contributed by atoms with Crippen molar-refractivity contribution in [3.8, 4) is 17.2 Å². The molecular formula is C27H28Cl2N4O4S. The van der Waals surface area contributed by atoms with Gasteiger partial charge in [-0.05, 0) is 73.8 Å². The first-order chi connectivity index (χ1) is 17.5. The topological polar surface area (TPSA) is 119 Å². The van der Waals surface area contributed by atoms with Crippen molar-refractivity contribution in [2.75, 3.05) is 6.54 Å². The van der Waals surface area contributed by atoms with Gasteiger partial charge in [-0.25, -0.2) is 4.98 Å². The highest BCUT2D eigenvalue weighted by Crippen LogP contribution is 2.28. The number of nitrogens with one attached hydrogen (secondary N) is 2. The third-order valence-corrected chi connectivity index (χ3v) is 6.85. The first-order valence-corrected chi connectivity index (χ1v) is 12.6. The van der Waals surface area contributed by atoms with Gasteiger partial charge in [0.05, 0.1) is 16.3 Å². The van der Waals surface area contributed by atoms with Crippen LogP contribution in [0.15, 0.2) is 66.7 Å². The van der Waals surface area contributed by atoms with Gasteiger partial charge in [0.1, 0.15) is 23.1 Å². The number of halogens is 2. The Morgan fingerprint density at radius 2 is 1.61 bits per heavy atom. The number of carbonyl (C=O) groups is 2. The van der Waals surface area contributed by atoms with Crippen molar-refractivity contribution in [2.45, 2.75) is 31.1 Å². The molecule has 8 nitrogen and oxygen atoms in total. The number of nitrogens with zero attached hydrogens (tertiary/aromatic N) is 1. The molecule has 1 fully saturated rings. The van der Waals surface area contributed by atoms with E-state index in [0.717, 1.165) is 40.5 Å². The molecule has 0 saturated carbocycles. The fourth-order valence-corrected chi connectivity index (χ4v) is 4.86. The molecule has 3 aromatic carbocycles. The number of benzene rings is 3. The van der Waals surface area contributed by atoms with Crippen LogP contribution < -0.4 is 20.5 Å². The number of H-pyrrole nitrogens is 1. The zero-order chi connectivity index (χ0) is 25.1. The average Bonchev–Trinajstić information content (AvgIpc) is 3.43. The minimum atomic E-state index is -0.386. The molecule has 38 heavy (non-hydrogen) atoms. The molecule has 11 heteroatoms. The lowest BCUT2D eigenvalue weighted by molar-refractivity contribution is -0.118. The van der Waals surface area contributed by atoms with Crippen LogP contribution in [0.4, 0.5) is 4.79 Å². The molecule has 5 rings (SSSR count). The first-order valence-electron chi connectivity index (χ1n) is 11.7. The van der Waals surface area contributed by atoms with E-state index in [1.54, 1.807) is 0 Å². The van der Waals surface area contributed by atoms with Crippen LogP contribution in [0, 0.1) is 0 Å². The van der Waals surface area contributed by atoms with Gasteiger partial charge in [-0.1, -0.05) is 36.0 Å². The Bertz CT molecular complexity index is 1400. The maximum absolute atomic E-state index is 11.8. The number of thioether (sulfide) groups is 1. The van der Waals surface area contributed by atoms with Crippen LogP contribution in [0.2, 0.25) is 0 Å². The van der Waals surface area contributed by atoms with Crippen molar-refractivity contribution in [3.05, 3.63) is 83.7 Å². The molecule has 4 aromatic rings. The molecule has 1 saturated heterocycles. The SMILES string of the molecule is CC(Oc1ccc(CC2SC(=O)NC2=O)cc1)c1nc2ccc(Oc3ccc(CCN)cc3)cc2[nH]1.Cl.Cl. The largest absolute Gasteiger partial charge is 0.483 e. The Morgan fingerprint density at radius 3 is 2.26 bits per heavy atom. The summed E-state index contributed by atoms with van der Waals surface area (Å²) in [6.07, 6.45) is 1.02. The molecule has 0 bridgehead atoms. The zero-order valence-corrected chi connectivity index (χ0v) is 23.0. The molecule has 0 spiro atoms. The lowest BCUT2D eigenvalue weighted by atomic mass is 10.1. The Kier molecular flexibility index (Phi) is 10.0. The number of aromatic amines is 1. The van der Waals surface area contributed by atoms with E-state index in [0.29, 0.717) is 30.3 Å². The number of nitrogens with two attached hydrogens (primary N) is 1. The van der Waals surface area contributed by atoms with Crippen LogP contribution in [0.3, 0.4) is 0 Å². The minimum Gasteiger partial charge on any atom is -0.483 e. The minimum absolute atomic E-state index is 0. The number of aromatic nitrogens is 2. The summed E-state index contributed by atoms with van der Waals surface area (Å²) in [5.74, 6) is 2.62. The highest BCUT2D eigenvalue weighted by molar-refractivity contribution is 8.15. The van der Waals surface area contributed by atoms with Gasteiger partial charge in [0.15, 0.2) is 6.10 Å². The monoisotopic (exact) mass is 574 g/mol. The third kappa shape index (κ3) is 6.99. The molecule has 200 valence electrons. The molecule has 4 N–H and O–H groups in total. The van der Waals surface area contributed by atoms with E-state index >= 15 is 0 Å². The summed E-state index contributed by atoms with van der Waals surface area (Å²) in [5.41, 5.74) is 9.43. The van der Waals surface area contributed by atoms with Gasteiger partial charge in [-0.3, -0.25) is 14.9 Å². The van der Waals surface area contributed by atoms with E-state index in [1.807, 2.05) is 73.7 Å². The smallest absolute Gasteiger partial charge is 0.286 e. The van der Waals surface area contributed by atoms with Gasteiger partial charge in [0.2, 0.25) is 5.91 Å². The molecule has 0 aliphatic carbocycles. The summed E-state index contributed by atoms with van der Waals surface area (Å²) in [7, 11) is 0. The van der Waals surface area contributed by atoms with Crippen LogP contribution in [-0.4, -0.2) is 32.9 Å². The molecule has 1 aliphatic rings. The number of carbonyl (C=O) groups excluding carboxylic acids is 2. The summed E-state index contributed by atoms with van der Waals surface area (Å²) in [6.45, 7) is 2.55. The fourth-order valence-electron chi connectivity index (χ4n) is 4.00. The summed E-state index contributed by atoms with van der Waals surface area (Å²) in [5, 5.41) is 1.64. The Balaban J connectivity index is 0.00000200. The quantitative estimate of drug-likeness (QED) is 0.233. The fraction of sp³-hybridized carbons (Fsp3) is 0.222. The van der Waals surface area contributed by atoms with E-state index in [2.05, 4.69) is 15.3 Å². The number of hydrogen-bond donors (Lipinski definition) is 3. The second-order valence-electron chi connectivity index (χ2n) is 8.58. The van der Waals surface area contributed by atoms with Gasteiger partial charge < -0.3 is 20.2 Å². The molecule has 1 aromatic heterocycles. The lowest BCUT2D eigenvalue weighted by Gasteiger charge is -2.13. The maximum atomic E-state index is 11.8. The predicted molar refractivity (Wildman–Crippen MR) is 154 cm³/mol. The van der Waals surface area contributed by atoms with Gasteiger partial charge in [-0.15, -0.1) is 24.8 Å². The van der Waals surface area contributed by atoms with Gasteiger partial charge in [-0.2, -0.15) is 0 Å². The number of rotatable bonds is 9. The predicted octanol–water partition coefficient (Wildman–Crippen LogP) is 5.73. The van der Waals surface area contributed by atoms with E-state index in [9.17, 15) is 9.59 Å². The van der Waals surface area contributed by atoms with Crippen molar-refractivity contribution in [1.29, 1.82) is 0 Å². The van der Waals surface area contributed by atoms with Crippen LogP contribution in [-0.2, 0) is 17.6 Å². The highest BCUT2D eigenvalue weighted by atomic mass is 35.5. The van der Waals surface area contributed by atoms with E-state index in [1.165, 1.54) is 5.56 Å². The van der Waals surface area contributed by atoms with Crippen molar-refractivity contribution >= 4 is 58.8 Å². The molecule has 1 aliphatic heterocycles. The average molecular weight is 576 g/mol. The van der Waals surface area contributed by atoms with Crippen LogP contribution in [0.25, 0.3) is 11.0 Å². The van der Waals surface area contributed by atoms with Gasteiger partial charge in [0.25, 0.3) is 5.24 Å². The number of amides is 2. The third-order valence-electron chi connectivity index (χ3n) is 5.87. The normalized spacial score (nSPS) is 15.4. The number of ether oxygens (including phenoxy) is 2. The van der Waals surface area contributed by atoms with Gasteiger partial charge in [0, 0.05) is 6.07 Å². The molecule has 2 unspecified atom stereocenters. The van der Waals surface area contributed by atoms with Crippen molar-refractivity contribution < 1.29 is 19.1 Å². The van der Waals surface area contributed by atoms with Crippen molar-refractivity contribution in [2.24, 2.45) is 5.73 Å². The molecule has 2 amide bonds. The van der Waals surface area contributed by atoms with Crippen LogP contribution in [0.5, 0.6) is 17.2 Å². The summed E-state index contributed by atoms with van der Waals surface area (Å²) in [6, 6.07) is 21.2. The second kappa shape index (κ2) is 13.0. The first kappa shape index (κ1) is 29.3. The molecule has 2 atom stereocenters. The van der Waals surface area contributed by atoms with Crippen LogP contribution in [0.1, 0.15) is 30.0 Å². The summed E-state index contributed by atoms with van der Waals surface area (Å²) >= 11 is 1.03. The van der Waals surface area contributed by atoms with E-state index < -0.39 is 0 Å². The van der Waals surface area contributed by atoms with Gasteiger partial charge >= 0.3 is 0 Å². The lowest BCUT2D eigenvalue weighted by Crippen LogP contribution is -2.25. The summed E-state index contributed by atoms with van der Waals surface area (Å²) < 4.78 is 12.1. The number of imide groups is 1. The molecular weight excluding hydrogens is 547 g/mol. The van der Waals surface area contributed by atoms with E-state index in [4.69, 9.17) is 15.2 Å². The Morgan fingerprint density at radius 1 is 0.947 bits per heavy atom.